The maximum absolute atomic E-state index is 9.16. The van der Waals surface area contributed by atoms with Gasteiger partial charge in [-0.05, 0) is 37.0 Å². The van der Waals surface area contributed by atoms with Crippen LogP contribution >= 0.6 is 0 Å². The summed E-state index contributed by atoms with van der Waals surface area (Å²) in [6, 6.07) is 10.5. The molecule has 0 spiro atoms. The van der Waals surface area contributed by atoms with E-state index >= 15 is 0 Å². The third-order valence-corrected chi connectivity index (χ3v) is 3.89. The Labute approximate surface area is 112 Å². The van der Waals surface area contributed by atoms with Crippen LogP contribution in [0.15, 0.2) is 24.3 Å². The Morgan fingerprint density at radius 3 is 2.58 bits per heavy atom. The highest BCUT2D eigenvalue weighted by atomic mass is 15.4. The monoisotopic (exact) mass is 252 g/mol. The lowest BCUT2D eigenvalue weighted by atomic mass is 9.82. The molecule has 1 aliphatic rings. The Kier molecular flexibility index (Phi) is 3.04. The highest BCUT2D eigenvalue weighted by Gasteiger charge is 2.28. The van der Waals surface area contributed by atoms with Gasteiger partial charge in [-0.3, -0.25) is 0 Å². The number of rotatable bonds is 3. The predicted molar refractivity (Wildman–Crippen MR) is 72.0 cm³/mol. The molecule has 4 heteroatoms. The molecule has 0 radical (unpaired) electrons. The quantitative estimate of drug-likeness (QED) is 0.843. The zero-order valence-electron chi connectivity index (χ0n) is 11.0. The minimum Gasteiger partial charge on any atom is -0.216 e. The fraction of sp³-hybridized carbons (Fsp3) is 0.400. The van der Waals surface area contributed by atoms with Crippen LogP contribution in [0.5, 0.6) is 0 Å². The largest absolute Gasteiger partial charge is 0.216 e. The van der Waals surface area contributed by atoms with Crippen LogP contribution in [0.1, 0.15) is 49.1 Å². The number of hydrogen-bond donors (Lipinski definition) is 0. The van der Waals surface area contributed by atoms with Crippen molar-refractivity contribution in [3.8, 4) is 11.8 Å². The average molecular weight is 252 g/mol. The van der Waals surface area contributed by atoms with E-state index in [1.165, 1.54) is 12.0 Å². The van der Waals surface area contributed by atoms with E-state index in [2.05, 4.69) is 47.6 Å². The molecule has 1 aromatic heterocycles. The molecule has 3 rings (SSSR count). The molecule has 0 aliphatic heterocycles. The molecule has 0 atom stereocenters. The van der Waals surface area contributed by atoms with Gasteiger partial charge in [0.1, 0.15) is 6.07 Å². The highest BCUT2D eigenvalue weighted by Crippen LogP contribution is 2.38. The molecule has 0 N–H and O–H groups in total. The van der Waals surface area contributed by atoms with E-state index in [9.17, 15) is 0 Å². The summed E-state index contributed by atoms with van der Waals surface area (Å²) < 4.78 is 1.84. The Balaban J connectivity index is 2.04. The molecular formula is C15H16N4. The fourth-order valence-electron chi connectivity index (χ4n) is 2.48. The summed E-state index contributed by atoms with van der Waals surface area (Å²) in [7, 11) is 0. The molecule has 96 valence electrons. The van der Waals surface area contributed by atoms with Gasteiger partial charge in [0.25, 0.3) is 0 Å². The number of benzene rings is 1. The molecule has 1 aromatic carbocycles. The first kappa shape index (κ1) is 11.9. The van der Waals surface area contributed by atoms with E-state index in [-0.39, 0.29) is 0 Å². The summed E-state index contributed by atoms with van der Waals surface area (Å²) in [6.45, 7) is 2.14. The first-order valence-corrected chi connectivity index (χ1v) is 6.78. The van der Waals surface area contributed by atoms with Crippen LogP contribution in [0.3, 0.4) is 0 Å². The van der Waals surface area contributed by atoms with Crippen LogP contribution < -0.4 is 0 Å². The van der Waals surface area contributed by atoms with Gasteiger partial charge in [-0.25, -0.2) is 4.68 Å². The number of aromatic nitrogens is 3. The summed E-state index contributed by atoms with van der Waals surface area (Å²) in [5, 5.41) is 17.3. The average Bonchev–Trinajstić information content (AvgIpc) is 2.80. The first-order chi connectivity index (χ1) is 9.33. The molecule has 1 heterocycles. The van der Waals surface area contributed by atoms with Crippen molar-refractivity contribution in [2.75, 3.05) is 0 Å². The molecular weight excluding hydrogens is 236 g/mol. The molecule has 1 aliphatic carbocycles. The molecule has 1 saturated carbocycles. The Morgan fingerprint density at radius 2 is 2.05 bits per heavy atom. The third kappa shape index (κ3) is 2.01. The van der Waals surface area contributed by atoms with Gasteiger partial charge >= 0.3 is 0 Å². The first-order valence-electron chi connectivity index (χ1n) is 6.78. The van der Waals surface area contributed by atoms with Crippen LogP contribution in [0.25, 0.3) is 5.69 Å². The van der Waals surface area contributed by atoms with Gasteiger partial charge in [0.05, 0.1) is 11.4 Å². The third-order valence-electron chi connectivity index (χ3n) is 3.89. The van der Waals surface area contributed by atoms with E-state index < -0.39 is 0 Å². The fourth-order valence-corrected chi connectivity index (χ4v) is 2.48. The second kappa shape index (κ2) is 4.85. The number of nitriles is 1. The van der Waals surface area contributed by atoms with Crippen molar-refractivity contribution in [3.63, 3.8) is 0 Å². The Hall–Kier alpha value is -2.15. The summed E-state index contributed by atoms with van der Waals surface area (Å²) in [5.74, 6) is 0.440. The Bertz CT molecular complexity index is 615. The van der Waals surface area contributed by atoms with Crippen molar-refractivity contribution in [2.45, 2.75) is 38.5 Å². The van der Waals surface area contributed by atoms with Gasteiger partial charge < -0.3 is 0 Å². The lowest BCUT2D eigenvalue weighted by Gasteiger charge is -2.25. The van der Waals surface area contributed by atoms with Gasteiger partial charge in [-0.2, -0.15) is 5.26 Å². The summed E-state index contributed by atoms with van der Waals surface area (Å²) >= 11 is 0. The number of aryl methyl sites for hydroxylation is 1. The molecule has 0 saturated heterocycles. The van der Waals surface area contributed by atoms with Crippen LogP contribution in [0, 0.1) is 11.3 Å². The van der Waals surface area contributed by atoms with Crippen molar-refractivity contribution in [2.24, 2.45) is 0 Å². The molecule has 4 nitrogen and oxygen atoms in total. The molecule has 0 bridgehead atoms. The molecule has 1 fully saturated rings. The van der Waals surface area contributed by atoms with Gasteiger partial charge in [0.2, 0.25) is 0 Å². The van der Waals surface area contributed by atoms with Crippen molar-refractivity contribution in [1.82, 2.24) is 15.0 Å². The molecule has 19 heavy (non-hydrogen) atoms. The minimum absolute atomic E-state index is 0.440. The summed E-state index contributed by atoms with van der Waals surface area (Å²) in [4.78, 5) is 0. The van der Waals surface area contributed by atoms with E-state index in [0.29, 0.717) is 11.6 Å². The van der Waals surface area contributed by atoms with Gasteiger partial charge in [-0.1, -0.05) is 30.7 Å². The number of nitrogens with zero attached hydrogens (tertiary/aromatic N) is 4. The topological polar surface area (TPSA) is 54.5 Å². The van der Waals surface area contributed by atoms with Crippen LogP contribution in [-0.4, -0.2) is 15.0 Å². The van der Waals surface area contributed by atoms with Crippen LogP contribution in [-0.2, 0) is 6.42 Å². The predicted octanol–water partition coefficient (Wildman–Crippen LogP) is 2.97. The zero-order valence-corrected chi connectivity index (χ0v) is 11.0. The summed E-state index contributed by atoms with van der Waals surface area (Å²) in [5.41, 5.74) is 3.75. The maximum atomic E-state index is 9.16. The zero-order chi connectivity index (χ0) is 13.2. The second-order valence-electron chi connectivity index (χ2n) is 4.99. The standard InChI is InChI=1S/C15H16N4/c1-2-11-6-8-13(9-7-11)19-15(12-4-3-5-12)14(10-16)17-18-19/h6-9,12H,2-5H2,1H3. The maximum Gasteiger partial charge on any atom is 0.186 e. The second-order valence-corrected chi connectivity index (χ2v) is 4.99. The van der Waals surface area contributed by atoms with Crippen molar-refractivity contribution in [3.05, 3.63) is 41.2 Å². The molecule has 0 amide bonds. The van der Waals surface area contributed by atoms with E-state index in [4.69, 9.17) is 5.26 Å². The Morgan fingerprint density at radius 1 is 1.32 bits per heavy atom. The van der Waals surface area contributed by atoms with E-state index in [1.807, 2.05) is 4.68 Å². The lowest BCUT2D eigenvalue weighted by molar-refractivity contribution is 0.402. The highest BCUT2D eigenvalue weighted by molar-refractivity contribution is 5.40. The van der Waals surface area contributed by atoms with E-state index in [1.54, 1.807) is 0 Å². The van der Waals surface area contributed by atoms with Crippen molar-refractivity contribution >= 4 is 0 Å². The van der Waals surface area contributed by atoms with Crippen LogP contribution in [0.2, 0.25) is 0 Å². The molecule has 2 aromatic rings. The molecule has 0 unspecified atom stereocenters. The summed E-state index contributed by atoms with van der Waals surface area (Å²) in [6.07, 6.45) is 4.52. The van der Waals surface area contributed by atoms with Crippen LogP contribution in [0.4, 0.5) is 0 Å². The normalized spacial score (nSPS) is 14.9. The van der Waals surface area contributed by atoms with Crippen molar-refractivity contribution < 1.29 is 0 Å². The minimum atomic E-state index is 0.440. The van der Waals surface area contributed by atoms with Gasteiger partial charge in [-0.15, -0.1) is 5.10 Å². The van der Waals surface area contributed by atoms with Gasteiger partial charge in [0, 0.05) is 5.92 Å². The lowest BCUT2D eigenvalue weighted by Crippen LogP contribution is -2.15. The smallest absolute Gasteiger partial charge is 0.186 e. The van der Waals surface area contributed by atoms with E-state index in [0.717, 1.165) is 30.6 Å². The van der Waals surface area contributed by atoms with Gasteiger partial charge in [0.15, 0.2) is 5.69 Å². The SMILES string of the molecule is CCc1ccc(-n2nnc(C#N)c2C2CCC2)cc1. The van der Waals surface area contributed by atoms with Crippen molar-refractivity contribution in [1.29, 1.82) is 5.26 Å². The number of hydrogen-bond acceptors (Lipinski definition) is 3.